The number of benzene rings is 1. The highest BCUT2D eigenvalue weighted by Crippen LogP contribution is 2.21. The van der Waals surface area contributed by atoms with Crippen LogP contribution in [0.3, 0.4) is 0 Å². The number of carbonyl (C=O) groups excluding carboxylic acids is 7. The molecule has 7 amide bonds. The van der Waals surface area contributed by atoms with Gasteiger partial charge >= 0.3 is 5.97 Å². The van der Waals surface area contributed by atoms with Crippen LogP contribution in [0.4, 0.5) is 0 Å². The van der Waals surface area contributed by atoms with Gasteiger partial charge in [0.25, 0.3) is 0 Å². The largest absolute Gasteiger partial charge is 0.508 e. The zero-order valence-corrected chi connectivity index (χ0v) is 40.9. The van der Waals surface area contributed by atoms with E-state index in [0.29, 0.717) is 30.5 Å². The first-order valence-electron chi connectivity index (χ1n) is 24.1. The highest BCUT2D eigenvalue weighted by atomic mass is 16.4. The normalized spacial score (nSPS) is 17.9. The Morgan fingerprint density at radius 2 is 1.43 bits per heavy atom. The fraction of sp³-hybridized carbons (Fsp3) is 0.617. The molecule has 2 aliphatic heterocycles. The van der Waals surface area contributed by atoms with E-state index in [4.69, 9.17) is 11.5 Å². The van der Waals surface area contributed by atoms with Crippen LogP contribution >= 0.6 is 0 Å². The Morgan fingerprint density at radius 3 is 2.04 bits per heavy atom. The Kier molecular flexibility index (Phi) is 21.9. The number of aliphatic carboxylic acids is 1. The number of phenolic OH excluding ortho intramolecular Hbond substituents is 1. The molecule has 2 aromatic rings. The number of nitrogens with one attached hydrogen (secondary N) is 7. The molecule has 4 rings (SSSR count). The maximum atomic E-state index is 14.5. The van der Waals surface area contributed by atoms with Gasteiger partial charge < -0.3 is 63.5 Å². The maximum absolute atomic E-state index is 14.5. The Labute approximate surface area is 408 Å². The lowest BCUT2D eigenvalue weighted by atomic mass is 9.96. The molecule has 1 aromatic heterocycles. The minimum absolute atomic E-state index is 0.0318. The van der Waals surface area contributed by atoms with Gasteiger partial charge in [0.2, 0.25) is 41.4 Å². The Bertz CT molecular complexity index is 2110. The molecular weight excluding hydrogens is 907 g/mol. The number of hydrogen-bond donors (Lipinski definition) is 11. The summed E-state index contributed by atoms with van der Waals surface area (Å²) in [5.74, 6) is -6.88. The minimum Gasteiger partial charge on any atom is -0.508 e. The number of H-pyrrole nitrogens is 1. The fourth-order valence-electron chi connectivity index (χ4n) is 8.37. The molecule has 13 N–H and O–H groups in total. The second-order valence-corrected chi connectivity index (χ2v) is 18.5. The first-order valence-corrected chi connectivity index (χ1v) is 24.1. The van der Waals surface area contributed by atoms with Crippen LogP contribution in [0.5, 0.6) is 5.75 Å². The minimum atomic E-state index is -1.34. The number of aromatic amines is 1. The number of carboxylic acids is 1. The Hall–Kier alpha value is -6.78. The average Bonchev–Trinajstić information content (AvgIpc) is 4.04. The maximum Gasteiger partial charge on any atom is 0.325 e. The van der Waals surface area contributed by atoms with Crippen molar-refractivity contribution in [2.24, 2.45) is 28.3 Å². The third kappa shape index (κ3) is 17.3. The Balaban J connectivity index is 1.57. The molecule has 386 valence electrons. The number of hydrogen-bond acceptors (Lipinski definition) is 12. The summed E-state index contributed by atoms with van der Waals surface area (Å²) in [6, 6.07) is -2.31. The number of nitrogens with zero attached hydrogens (tertiary/aromatic N) is 4. The van der Waals surface area contributed by atoms with Crippen molar-refractivity contribution in [3.05, 3.63) is 48.0 Å². The second kappa shape index (κ2) is 27.4. The molecule has 70 heavy (non-hydrogen) atoms. The van der Waals surface area contributed by atoms with Gasteiger partial charge in [0.1, 0.15) is 48.0 Å². The van der Waals surface area contributed by atoms with Crippen LogP contribution in [0.15, 0.2) is 41.8 Å². The van der Waals surface area contributed by atoms with E-state index in [1.54, 1.807) is 32.9 Å². The van der Waals surface area contributed by atoms with E-state index >= 15 is 0 Å². The number of amides is 7. The van der Waals surface area contributed by atoms with Crippen LogP contribution in [0, 0.1) is 11.8 Å². The van der Waals surface area contributed by atoms with Gasteiger partial charge in [-0.15, -0.1) is 0 Å². The summed E-state index contributed by atoms with van der Waals surface area (Å²) in [5.41, 5.74) is 12.0. The zero-order chi connectivity index (χ0) is 51.5. The molecular formula is C47H73N13O10. The van der Waals surface area contributed by atoms with Gasteiger partial charge in [-0.3, -0.25) is 48.2 Å². The van der Waals surface area contributed by atoms with E-state index in [1.807, 2.05) is 11.8 Å². The molecule has 2 fully saturated rings. The number of aliphatic imine (C=N–C) groups is 1. The summed E-state index contributed by atoms with van der Waals surface area (Å²) in [4.78, 5) is 124. The van der Waals surface area contributed by atoms with Crippen molar-refractivity contribution in [3.63, 3.8) is 0 Å². The topological polar surface area (TPSA) is 349 Å². The van der Waals surface area contributed by atoms with Crippen LogP contribution < -0.4 is 43.4 Å². The number of piperidine rings is 1. The first-order chi connectivity index (χ1) is 33.3. The molecule has 3 heterocycles. The number of carboxylic acid groups (broad SMARTS) is 1. The van der Waals surface area contributed by atoms with Crippen LogP contribution in [0.25, 0.3) is 0 Å². The summed E-state index contributed by atoms with van der Waals surface area (Å²) in [7, 11) is 0. The van der Waals surface area contributed by atoms with Crippen molar-refractivity contribution in [2.75, 3.05) is 32.7 Å². The highest BCUT2D eigenvalue weighted by molar-refractivity contribution is 5.98. The standard InChI is InChI=1S/C47H73N13O10/c1-6-28(4)39(44(67)56-35(23-31-24-50-26-52-31)45(68)60-21-11-13-36(60)42(65)53-29(5)46(69)70)58-41(64)34(22-30-14-16-32(61)17-15-30)55-43(66)38(27(2)3)57-40(63)33(12-10-18-51-47(48)49)54-37(62)25-59-19-8-7-9-20-59/h14-17,24,26-29,33-36,38-39,61H,6-13,18-23,25H2,1-5H3,(H,50,52)(H,53,65)(H,54,62)(H,55,66)(H,56,67)(H,57,63)(H,58,64)(H,69,70)(H4,48,49,51)/t28-,29+,33-,34-,35-,36-,38-,39-/m0/s1. The van der Waals surface area contributed by atoms with Crippen LogP contribution in [-0.2, 0) is 51.2 Å². The molecule has 23 nitrogen and oxygen atoms in total. The van der Waals surface area contributed by atoms with Crippen molar-refractivity contribution in [1.29, 1.82) is 0 Å². The summed E-state index contributed by atoms with van der Waals surface area (Å²) in [5, 5.41) is 35.8. The lowest BCUT2D eigenvalue weighted by Crippen LogP contribution is -2.62. The molecule has 8 atom stereocenters. The van der Waals surface area contributed by atoms with Crippen molar-refractivity contribution < 1.29 is 48.6 Å². The molecule has 2 saturated heterocycles. The van der Waals surface area contributed by atoms with E-state index in [9.17, 15) is 48.6 Å². The number of aromatic hydroxyl groups is 1. The first kappa shape index (κ1) is 55.8. The van der Waals surface area contributed by atoms with E-state index in [0.717, 1.165) is 32.4 Å². The third-order valence-corrected chi connectivity index (χ3v) is 12.6. The summed E-state index contributed by atoms with van der Waals surface area (Å²) in [6.45, 7) is 10.3. The average molecular weight is 980 g/mol. The molecule has 0 saturated carbocycles. The number of aromatic nitrogens is 2. The lowest BCUT2D eigenvalue weighted by molar-refractivity contribution is -0.144. The second-order valence-electron chi connectivity index (χ2n) is 18.5. The van der Waals surface area contributed by atoms with Gasteiger partial charge in [0.05, 0.1) is 12.9 Å². The monoisotopic (exact) mass is 980 g/mol. The van der Waals surface area contributed by atoms with Crippen LogP contribution in [0.1, 0.15) is 97.2 Å². The van der Waals surface area contributed by atoms with Gasteiger partial charge in [0, 0.05) is 37.8 Å². The van der Waals surface area contributed by atoms with Gasteiger partial charge in [-0.25, -0.2) is 4.98 Å². The summed E-state index contributed by atoms with van der Waals surface area (Å²) in [6.07, 6.45) is 7.33. The molecule has 0 unspecified atom stereocenters. The highest BCUT2D eigenvalue weighted by Gasteiger charge is 2.40. The summed E-state index contributed by atoms with van der Waals surface area (Å²) < 4.78 is 0. The smallest absolute Gasteiger partial charge is 0.325 e. The fourth-order valence-corrected chi connectivity index (χ4v) is 8.37. The molecule has 0 spiro atoms. The van der Waals surface area contributed by atoms with Crippen molar-refractivity contribution in [2.45, 2.75) is 141 Å². The molecule has 0 radical (unpaired) electrons. The van der Waals surface area contributed by atoms with E-state index in [1.165, 1.54) is 36.5 Å². The van der Waals surface area contributed by atoms with Gasteiger partial charge in [-0.2, -0.15) is 0 Å². The number of likely N-dealkylation sites (tertiary alicyclic amines) is 2. The SMILES string of the molecule is CC[C@H](C)[C@H](NC(=O)[C@H](Cc1ccc(O)cc1)NC(=O)[C@@H](NC(=O)[C@H](CCCN=C(N)N)NC(=O)CN1CCCCC1)C(C)C)C(=O)N[C@@H](Cc1cnc[nH]1)C(=O)N1CCC[C@H]1C(=O)N[C@H](C)C(=O)O. The van der Waals surface area contributed by atoms with Gasteiger partial charge in [-0.05, 0) is 88.1 Å². The van der Waals surface area contributed by atoms with E-state index < -0.39 is 95.5 Å². The number of imidazole rings is 1. The van der Waals surface area contributed by atoms with E-state index in [2.05, 4.69) is 46.9 Å². The molecule has 0 bridgehead atoms. The molecule has 2 aliphatic rings. The number of guanidine groups is 1. The number of rotatable bonds is 26. The van der Waals surface area contributed by atoms with Gasteiger partial charge in [0.15, 0.2) is 5.96 Å². The number of nitrogens with two attached hydrogens (primary N) is 2. The van der Waals surface area contributed by atoms with Crippen LogP contribution in [-0.4, -0.2) is 158 Å². The molecule has 1 aromatic carbocycles. The van der Waals surface area contributed by atoms with E-state index in [-0.39, 0.29) is 62.9 Å². The lowest BCUT2D eigenvalue weighted by Gasteiger charge is -2.32. The van der Waals surface area contributed by atoms with Crippen molar-refractivity contribution >= 4 is 53.3 Å². The number of carbonyl (C=O) groups is 8. The number of phenols is 1. The van der Waals surface area contributed by atoms with Crippen molar-refractivity contribution in [3.8, 4) is 5.75 Å². The molecule has 23 heteroatoms. The summed E-state index contributed by atoms with van der Waals surface area (Å²) >= 11 is 0. The van der Waals surface area contributed by atoms with Gasteiger partial charge in [-0.1, -0.05) is 52.7 Å². The van der Waals surface area contributed by atoms with Crippen LogP contribution in [0.2, 0.25) is 0 Å². The third-order valence-electron chi connectivity index (χ3n) is 12.6. The Morgan fingerprint density at radius 1 is 0.786 bits per heavy atom. The predicted molar refractivity (Wildman–Crippen MR) is 258 cm³/mol. The zero-order valence-electron chi connectivity index (χ0n) is 40.9. The molecule has 0 aliphatic carbocycles. The quantitative estimate of drug-likeness (QED) is 0.0311. The van der Waals surface area contributed by atoms with Crippen molar-refractivity contribution in [1.82, 2.24) is 51.7 Å². The predicted octanol–water partition coefficient (Wildman–Crippen LogP) is -0.854.